The van der Waals surface area contributed by atoms with E-state index in [-0.39, 0.29) is 22.9 Å². The number of benzene rings is 1. The number of hydrogen-bond donors (Lipinski definition) is 0. The number of hydrogen-bond acceptors (Lipinski definition) is 5. The highest BCUT2D eigenvalue weighted by atomic mass is 32.2. The maximum Gasteiger partial charge on any atom is 0.271 e. The molecule has 2 aromatic rings. The van der Waals surface area contributed by atoms with E-state index in [9.17, 15) is 8.42 Å². The van der Waals surface area contributed by atoms with Crippen LogP contribution in [0.4, 0.5) is 5.69 Å². The van der Waals surface area contributed by atoms with Crippen molar-refractivity contribution in [2.75, 3.05) is 25.1 Å². The Labute approximate surface area is 136 Å². The summed E-state index contributed by atoms with van der Waals surface area (Å²) in [7, 11) is 0.745. The molecule has 2 rings (SSSR count). The number of aryl methyl sites for hydroxylation is 2. The quantitative estimate of drug-likeness (QED) is 0.804. The molecule has 0 amide bonds. The third-order valence-corrected chi connectivity index (χ3v) is 5.46. The van der Waals surface area contributed by atoms with Gasteiger partial charge in [-0.05, 0) is 25.5 Å². The third kappa shape index (κ3) is 2.98. The second kappa shape index (κ2) is 6.49. The van der Waals surface area contributed by atoms with Crippen molar-refractivity contribution < 1.29 is 17.9 Å². The molecule has 1 aromatic carbocycles. The zero-order valence-electron chi connectivity index (χ0n) is 13.9. The Kier molecular flexibility index (Phi) is 4.84. The fourth-order valence-corrected chi connectivity index (χ4v) is 4.26. The Morgan fingerprint density at radius 3 is 2.43 bits per heavy atom. The van der Waals surface area contributed by atoms with Crippen molar-refractivity contribution in [3.8, 4) is 11.5 Å². The highest BCUT2D eigenvalue weighted by Crippen LogP contribution is 2.38. The van der Waals surface area contributed by atoms with E-state index in [0.717, 1.165) is 0 Å². The molecule has 126 valence electrons. The molecule has 0 radical (unpaired) electrons. The topological polar surface area (TPSA) is 73.7 Å². The van der Waals surface area contributed by atoms with E-state index in [4.69, 9.17) is 9.47 Å². The van der Waals surface area contributed by atoms with Gasteiger partial charge in [0.05, 0.1) is 26.1 Å². The molecule has 0 aliphatic rings. The van der Waals surface area contributed by atoms with Gasteiger partial charge in [0.1, 0.15) is 11.5 Å². The Hall–Kier alpha value is -2.22. The zero-order chi connectivity index (χ0) is 17.2. The van der Waals surface area contributed by atoms with Crippen LogP contribution in [0.1, 0.15) is 12.5 Å². The van der Waals surface area contributed by atoms with Gasteiger partial charge in [0.25, 0.3) is 10.0 Å². The molecule has 0 N–H and O–H groups in total. The van der Waals surface area contributed by atoms with Gasteiger partial charge in [0.2, 0.25) is 0 Å². The van der Waals surface area contributed by atoms with Crippen LogP contribution in [0.5, 0.6) is 11.5 Å². The molecule has 0 saturated heterocycles. The SMILES string of the molecule is CCN(c1cnn(C)c1)S(=O)(=O)c1c(OC)ccc(C)c1OC. The molecule has 7 nitrogen and oxygen atoms in total. The summed E-state index contributed by atoms with van der Waals surface area (Å²) in [6.45, 7) is 3.81. The number of ether oxygens (including phenoxy) is 2. The fraction of sp³-hybridized carbons (Fsp3) is 0.400. The van der Waals surface area contributed by atoms with E-state index in [1.54, 1.807) is 43.9 Å². The van der Waals surface area contributed by atoms with Gasteiger partial charge in [-0.2, -0.15) is 5.10 Å². The Bertz CT molecular complexity index is 799. The normalized spacial score (nSPS) is 11.3. The van der Waals surface area contributed by atoms with E-state index in [2.05, 4.69) is 5.10 Å². The van der Waals surface area contributed by atoms with E-state index in [0.29, 0.717) is 11.3 Å². The van der Waals surface area contributed by atoms with Crippen molar-refractivity contribution in [3.05, 3.63) is 30.1 Å². The van der Waals surface area contributed by atoms with E-state index in [1.165, 1.54) is 24.7 Å². The molecule has 0 aliphatic heterocycles. The van der Waals surface area contributed by atoms with Crippen LogP contribution in [0, 0.1) is 6.92 Å². The molecule has 0 fully saturated rings. The van der Waals surface area contributed by atoms with Crippen molar-refractivity contribution in [2.24, 2.45) is 7.05 Å². The monoisotopic (exact) mass is 339 g/mol. The molecule has 0 spiro atoms. The van der Waals surface area contributed by atoms with Crippen molar-refractivity contribution in [2.45, 2.75) is 18.7 Å². The summed E-state index contributed by atoms with van der Waals surface area (Å²) in [5.41, 5.74) is 1.20. The number of sulfonamides is 1. The van der Waals surface area contributed by atoms with Gasteiger partial charge in [-0.15, -0.1) is 0 Å². The first-order valence-electron chi connectivity index (χ1n) is 7.09. The van der Waals surface area contributed by atoms with Gasteiger partial charge in [-0.1, -0.05) is 6.07 Å². The average molecular weight is 339 g/mol. The zero-order valence-corrected chi connectivity index (χ0v) is 14.7. The number of rotatable bonds is 6. The summed E-state index contributed by atoms with van der Waals surface area (Å²) in [6.07, 6.45) is 3.16. The molecule has 1 heterocycles. The lowest BCUT2D eigenvalue weighted by atomic mass is 10.2. The van der Waals surface area contributed by atoms with Gasteiger partial charge in [-0.25, -0.2) is 8.42 Å². The van der Waals surface area contributed by atoms with Crippen LogP contribution >= 0.6 is 0 Å². The smallest absolute Gasteiger partial charge is 0.271 e. The van der Waals surface area contributed by atoms with E-state index < -0.39 is 10.0 Å². The van der Waals surface area contributed by atoms with Crippen molar-refractivity contribution >= 4 is 15.7 Å². The maximum absolute atomic E-state index is 13.2. The lowest BCUT2D eigenvalue weighted by Crippen LogP contribution is -2.31. The molecule has 0 saturated carbocycles. The lowest BCUT2D eigenvalue weighted by Gasteiger charge is -2.24. The third-order valence-electron chi connectivity index (χ3n) is 3.51. The van der Waals surface area contributed by atoms with E-state index in [1.807, 2.05) is 0 Å². The molecular formula is C15H21N3O4S. The average Bonchev–Trinajstić information content (AvgIpc) is 2.93. The Morgan fingerprint density at radius 2 is 1.96 bits per heavy atom. The summed E-state index contributed by atoms with van der Waals surface area (Å²) < 4.78 is 39.9. The highest BCUT2D eigenvalue weighted by Gasteiger charge is 2.32. The van der Waals surface area contributed by atoms with Crippen LogP contribution in [0.3, 0.4) is 0 Å². The van der Waals surface area contributed by atoms with Gasteiger partial charge in [0.15, 0.2) is 4.90 Å². The molecule has 23 heavy (non-hydrogen) atoms. The van der Waals surface area contributed by atoms with Crippen LogP contribution in [0.25, 0.3) is 0 Å². The maximum atomic E-state index is 13.2. The molecule has 8 heteroatoms. The summed E-state index contributed by atoms with van der Waals surface area (Å²) >= 11 is 0. The first kappa shape index (κ1) is 17.1. The van der Waals surface area contributed by atoms with Crippen molar-refractivity contribution in [3.63, 3.8) is 0 Å². The molecule has 1 aromatic heterocycles. The molecule has 0 bridgehead atoms. The first-order chi connectivity index (χ1) is 10.9. The van der Waals surface area contributed by atoms with Crippen LogP contribution < -0.4 is 13.8 Å². The minimum absolute atomic E-state index is 0.0215. The molecule has 0 aliphatic carbocycles. The number of aromatic nitrogens is 2. The van der Waals surface area contributed by atoms with Crippen LogP contribution in [-0.2, 0) is 17.1 Å². The second-order valence-electron chi connectivity index (χ2n) is 4.99. The first-order valence-corrected chi connectivity index (χ1v) is 8.53. The second-order valence-corrected chi connectivity index (χ2v) is 6.79. The fourth-order valence-electron chi connectivity index (χ4n) is 2.44. The summed E-state index contributed by atoms with van der Waals surface area (Å²) in [6, 6.07) is 3.39. The predicted octanol–water partition coefficient (Wildman–Crippen LogP) is 1.96. The largest absolute Gasteiger partial charge is 0.495 e. The van der Waals surface area contributed by atoms with Gasteiger partial charge < -0.3 is 9.47 Å². The highest BCUT2D eigenvalue weighted by molar-refractivity contribution is 7.93. The van der Waals surface area contributed by atoms with Crippen LogP contribution in [0.2, 0.25) is 0 Å². The predicted molar refractivity (Wildman–Crippen MR) is 87.7 cm³/mol. The standard InChI is InChI=1S/C15H21N3O4S/c1-6-18(12-9-16-17(3)10-12)23(19,20)15-13(21-4)8-7-11(2)14(15)22-5/h7-10H,6H2,1-5H3. The summed E-state index contributed by atoms with van der Waals surface area (Å²) in [5.74, 6) is 0.529. The van der Waals surface area contributed by atoms with Gasteiger partial charge in [0, 0.05) is 19.8 Å². The molecule has 0 unspecified atom stereocenters. The molecule has 0 atom stereocenters. The minimum Gasteiger partial charge on any atom is -0.495 e. The van der Waals surface area contributed by atoms with Gasteiger partial charge >= 0.3 is 0 Å². The van der Waals surface area contributed by atoms with E-state index >= 15 is 0 Å². The Morgan fingerprint density at radius 1 is 1.26 bits per heavy atom. The number of anilines is 1. The van der Waals surface area contributed by atoms with Crippen LogP contribution in [-0.4, -0.2) is 39.0 Å². The number of nitrogens with zero attached hydrogens (tertiary/aromatic N) is 3. The number of methoxy groups -OCH3 is 2. The van der Waals surface area contributed by atoms with Crippen LogP contribution in [0.15, 0.2) is 29.4 Å². The molecular weight excluding hydrogens is 318 g/mol. The Balaban J connectivity index is 2.69. The summed E-state index contributed by atoms with van der Waals surface area (Å²) in [4.78, 5) is 0.0215. The summed E-state index contributed by atoms with van der Waals surface area (Å²) in [5, 5.41) is 4.04. The van der Waals surface area contributed by atoms with Gasteiger partial charge in [-0.3, -0.25) is 8.99 Å². The lowest BCUT2D eigenvalue weighted by molar-refractivity contribution is 0.371. The minimum atomic E-state index is -3.87. The van der Waals surface area contributed by atoms with Crippen molar-refractivity contribution in [1.82, 2.24) is 9.78 Å². The van der Waals surface area contributed by atoms with Crippen molar-refractivity contribution in [1.29, 1.82) is 0 Å².